The molecular formula is C25H24F3N3O. The number of carbonyl (C=O) groups excluding carboxylic acids is 1. The van der Waals surface area contributed by atoms with E-state index in [0.717, 1.165) is 43.3 Å². The molecule has 1 aromatic heterocycles. The van der Waals surface area contributed by atoms with Gasteiger partial charge in [0.1, 0.15) is 5.82 Å². The summed E-state index contributed by atoms with van der Waals surface area (Å²) in [6.45, 7) is 2.04. The van der Waals surface area contributed by atoms with E-state index in [-0.39, 0.29) is 23.4 Å². The maximum Gasteiger partial charge on any atom is 0.251 e. The van der Waals surface area contributed by atoms with Gasteiger partial charge < -0.3 is 5.32 Å². The van der Waals surface area contributed by atoms with Gasteiger partial charge in [-0.3, -0.25) is 14.7 Å². The monoisotopic (exact) mass is 439 g/mol. The molecule has 1 N–H and O–H groups in total. The first-order valence-electron chi connectivity index (χ1n) is 10.6. The van der Waals surface area contributed by atoms with Crippen molar-refractivity contribution < 1.29 is 18.0 Å². The van der Waals surface area contributed by atoms with E-state index in [0.29, 0.717) is 6.54 Å². The first-order valence-corrected chi connectivity index (χ1v) is 10.6. The number of likely N-dealkylation sites (tertiary alicyclic amines) is 1. The SMILES string of the molecule is O=C(N[C@H](c1ccccn1)C1CCN(Cc2ccc(F)c(F)c2)CC1)c1cccc(F)c1. The Labute approximate surface area is 185 Å². The number of nitrogens with zero attached hydrogens (tertiary/aromatic N) is 2. The van der Waals surface area contributed by atoms with Crippen LogP contribution in [-0.2, 0) is 6.54 Å². The number of amides is 1. The van der Waals surface area contributed by atoms with Crippen LogP contribution >= 0.6 is 0 Å². The van der Waals surface area contributed by atoms with Crippen LogP contribution in [0.15, 0.2) is 66.9 Å². The van der Waals surface area contributed by atoms with Crippen LogP contribution in [0.1, 0.15) is 40.5 Å². The molecule has 0 radical (unpaired) electrons. The van der Waals surface area contributed by atoms with E-state index in [1.807, 2.05) is 18.2 Å². The molecule has 0 unspecified atom stereocenters. The average Bonchev–Trinajstić information content (AvgIpc) is 2.81. The molecule has 1 saturated heterocycles. The zero-order valence-corrected chi connectivity index (χ0v) is 17.5. The lowest BCUT2D eigenvalue weighted by Crippen LogP contribution is -2.40. The normalized spacial score (nSPS) is 16.0. The lowest BCUT2D eigenvalue weighted by Gasteiger charge is -2.36. The third kappa shape index (κ3) is 5.34. The number of carbonyl (C=O) groups is 1. The maximum absolute atomic E-state index is 13.6. The molecule has 1 aliphatic heterocycles. The van der Waals surface area contributed by atoms with E-state index < -0.39 is 17.5 Å². The second-order valence-corrected chi connectivity index (χ2v) is 8.08. The van der Waals surface area contributed by atoms with Gasteiger partial charge in [0.15, 0.2) is 11.6 Å². The lowest BCUT2D eigenvalue weighted by atomic mass is 9.87. The summed E-state index contributed by atoms with van der Waals surface area (Å²) in [6.07, 6.45) is 3.29. The molecule has 2 aromatic carbocycles. The molecule has 0 spiro atoms. The fraction of sp³-hybridized carbons (Fsp3) is 0.280. The van der Waals surface area contributed by atoms with Gasteiger partial charge in [0.25, 0.3) is 5.91 Å². The zero-order chi connectivity index (χ0) is 22.5. The van der Waals surface area contributed by atoms with Crippen LogP contribution < -0.4 is 5.32 Å². The first-order chi connectivity index (χ1) is 15.5. The van der Waals surface area contributed by atoms with Crippen LogP contribution in [0.4, 0.5) is 13.2 Å². The highest BCUT2D eigenvalue weighted by molar-refractivity contribution is 5.94. The van der Waals surface area contributed by atoms with Crippen molar-refractivity contribution in [3.8, 4) is 0 Å². The Kier molecular flexibility index (Phi) is 6.85. The molecule has 0 aliphatic carbocycles. The van der Waals surface area contributed by atoms with Crippen molar-refractivity contribution >= 4 is 5.91 Å². The molecule has 0 bridgehead atoms. The van der Waals surface area contributed by atoms with E-state index in [2.05, 4.69) is 15.2 Å². The number of benzene rings is 2. The minimum atomic E-state index is -0.848. The molecule has 32 heavy (non-hydrogen) atoms. The Hall–Kier alpha value is -3.19. The molecular weight excluding hydrogens is 415 g/mol. The number of aromatic nitrogens is 1. The summed E-state index contributed by atoms with van der Waals surface area (Å²) in [5, 5.41) is 3.05. The van der Waals surface area contributed by atoms with E-state index in [9.17, 15) is 18.0 Å². The molecule has 1 fully saturated rings. The van der Waals surface area contributed by atoms with Crippen LogP contribution in [0.3, 0.4) is 0 Å². The molecule has 1 aliphatic rings. The summed E-state index contributed by atoms with van der Waals surface area (Å²) < 4.78 is 40.3. The Bertz CT molecular complexity index is 1070. The standard InChI is InChI=1S/C25H24F3N3O/c26-20-5-3-4-19(15-20)25(32)30-24(23-6-1-2-11-29-23)18-9-12-31(13-10-18)16-17-7-8-21(27)22(28)14-17/h1-8,11,14-15,18,24H,9-10,12-13,16H2,(H,30,32)/t24-/m0/s1. The van der Waals surface area contributed by atoms with E-state index in [1.165, 1.54) is 24.3 Å². The van der Waals surface area contributed by atoms with Gasteiger partial charge in [-0.05, 0) is 79.9 Å². The van der Waals surface area contributed by atoms with E-state index in [4.69, 9.17) is 0 Å². The number of nitrogens with one attached hydrogen (secondary N) is 1. The van der Waals surface area contributed by atoms with E-state index in [1.54, 1.807) is 18.3 Å². The molecule has 1 amide bonds. The van der Waals surface area contributed by atoms with Crippen LogP contribution in [-0.4, -0.2) is 28.9 Å². The molecule has 4 nitrogen and oxygen atoms in total. The minimum absolute atomic E-state index is 0.142. The number of piperidine rings is 1. The van der Waals surface area contributed by atoms with Crippen molar-refractivity contribution in [1.82, 2.24) is 15.2 Å². The third-order valence-electron chi connectivity index (χ3n) is 5.87. The Morgan fingerprint density at radius 3 is 2.50 bits per heavy atom. The molecule has 1 atom stereocenters. The summed E-state index contributed by atoms with van der Waals surface area (Å²) in [4.78, 5) is 19.4. The van der Waals surface area contributed by atoms with E-state index >= 15 is 0 Å². The summed E-state index contributed by atoms with van der Waals surface area (Å²) in [5.41, 5.74) is 1.75. The first kappa shape index (κ1) is 22.0. The number of hydrogen-bond acceptors (Lipinski definition) is 3. The van der Waals surface area contributed by atoms with Gasteiger partial charge in [-0.2, -0.15) is 0 Å². The predicted molar refractivity (Wildman–Crippen MR) is 115 cm³/mol. The number of halogens is 3. The number of hydrogen-bond donors (Lipinski definition) is 1. The van der Waals surface area contributed by atoms with Crippen LogP contribution in [0.5, 0.6) is 0 Å². The van der Waals surface area contributed by atoms with Crippen molar-refractivity contribution in [2.45, 2.75) is 25.4 Å². The predicted octanol–water partition coefficient (Wildman–Crippen LogP) is 4.88. The minimum Gasteiger partial charge on any atom is -0.343 e. The fourth-order valence-electron chi connectivity index (χ4n) is 4.19. The summed E-state index contributed by atoms with van der Waals surface area (Å²) in [6, 6.07) is 14.9. The quantitative estimate of drug-likeness (QED) is 0.595. The summed E-state index contributed by atoms with van der Waals surface area (Å²) in [5.74, 6) is -2.35. The van der Waals surface area contributed by atoms with Gasteiger partial charge in [0.2, 0.25) is 0 Å². The summed E-state index contributed by atoms with van der Waals surface area (Å²) in [7, 11) is 0. The summed E-state index contributed by atoms with van der Waals surface area (Å²) >= 11 is 0. The van der Waals surface area contributed by atoms with Crippen LogP contribution in [0.25, 0.3) is 0 Å². The molecule has 4 rings (SSSR count). The Morgan fingerprint density at radius 2 is 1.81 bits per heavy atom. The Morgan fingerprint density at radius 1 is 1.00 bits per heavy atom. The van der Waals surface area contributed by atoms with Gasteiger partial charge in [-0.15, -0.1) is 0 Å². The molecule has 7 heteroatoms. The average molecular weight is 439 g/mol. The van der Waals surface area contributed by atoms with Crippen LogP contribution in [0.2, 0.25) is 0 Å². The largest absolute Gasteiger partial charge is 0.343 e. The topological polar surface area (TPSA) is 45.2 Å². The molecule has 3 aromatic rings. The van der Waals surface area contributed by atoms with Gasteiger partial charge in [0, 0.05) is 18.3 Å². The van der Waals surface area contributed by atoms with Gasteiger partial charge >= 0.3 is 0 Å². The molecule has 0 saturated carbocycles. The lowest BCUT2D eigenvalue weighted by molar-refractivity contribution is 0.0888. The second-order valence-electron chi connectivity index (χ2n) is 8.08. The highest BCUT2D eigenvalue weighted by Gasteiger charge is 2.30. The highest BCUT2D eigenvalue weighted by atomic mass is 19.2. The van der Waals surface area contributed by atoms with Crippen molar-refractivity contribution in [3.05, 3.63) is 101 Å². The second kappa shape index (κ2) is 9.96. The van der Waals surface area contributed by atoms with Crippen LogP contribution in [0, 0.1) is 23.4 Å². The van der Waals surface area contributed by atoms with Gasteiger partial charge in [-0.25, -0.2) is 13.2 Å². The van der Waals surface area contributed by atoms with Crippen molar-refractivity contribution in [2.75, 3.05) is 13.1 Å². The molecule has 166 valence electrons. The van der Waals surface area contributed by atoms with Crippen molar-refractivity contribution in [1.29, 1.82) is 0 Å². The molecule has 2 heterocycles. The zero-order valence-electron chi connectivity index (χ0n) is 17.5. The number of rotatable bonds is 6. The van der Waals surface area contributed by atoms with Crippen molar-refractivity contribution in [2.24, 2.45) is 5.92 Å². The number of pyridine rings is 1. The van der Waals surface area contributed by atoms with Gasteiger partial charge in [-0.1, -0.05) is 18.2 Å². The Balaban J connectivity index is 1.44. The fourth-order valence-corrected chi connectivity index (χ4v) is 4.19. The highest BCUT2D eigenvalue weighted by Crippen LogP contribution is 2.31. The van der Waals surface area contributed by atoms with Crippen molar-refractivity contribution in [3.63, 3.8) is 0 Å². The maximum atomic E-state index is 13.6. The third-order valence-corrected chi connectivity index (χ3v) is 5.87. The smallest absolute Gasteiger partial charge is 0.251 e. The van der Waals surface area contributed by atoms with Gasteiger partial charge in [0.05, 0.1) is 11.7 Å².